The zero-order valence-corrected chi connectivity index (χ0v) is 11.5. The molecular weight excluding hydrogens is 246 g/mol. The van der Waals surface area contributed by atoms with Crippen LogP contribution in [0, 0.1) is 5.92 Å². The van der Waals surface area contributed by atoms with Crippen LogP contribution in [0.3, 0.4) is 0 Å². The topological polar surface area (TPSA) is 35.2 Å². The number of rotatable bonds is 2. The third kappa shape index (κ3) is 2.65. The summed E-state index contributed by atoms with van der Waals surface area (Å²) in [5.74, 6) is 1.74. The van der Waals surface area contributed by atoms with Gasteiger partial charge in [-0.25, -0.2) is 0 Å². The van der Waals surface area contributed by atoms with Crippen LogP contribution < -0.4 is 10.5 Å². The number of benzene rings is 1. The van der Waals surface area contributed by atoms with E-state index in [1.54, 1.807) is 0 Å². The van der Waals surface area contributed by atoms with Gasteiger partial charge < -0.3 is 10.5 Å². The Bertz CT molecular complexity index is 401. The SMILES string of the molecule is Cl.N[C@@H](c1ccc2c(c1)CCO2)C1CCCCC1. The molecular formula is C15H22ClNO. The van der Waals surface area contributed by atoms with Crippen molar-refractivity contribution < 1.29 is 4.74 Å². The molecule has 1 saturated carbocycles. The molecule has 0 saturated heterocycles. The first-order chi connectivity index (χ1) is 8.34. The lowest BCUT2D eigenvalue weighted by Crippen LogP contribution is -2.23. The summed E-state index contributed by atoms with van der Waals surface area (Å²) in [7, 11) is 0. The average molecular weight is 268 g/mol. The molecule has 2 N–H and O–H groups in total. The summed E-state index contributed by atoms with van der Waals surface area (Å²) in [6.07, 6.45) is 7.74. The van der Waals surface area contributed by atoms with Crippen LogP contribution in [-0.2, 0) is 6.42 Å². The second-order valence-electron chi connectivity index (χ2n) is 5.39. The largest absolute Gasteiger partial charge is 0.493 e. The summed E-state index contributed by atoms with van der Waals surface area (Å²) in [6.45, 7) is 0.831. The van der Waals surface area contributed by atoms with Gasteiger partial charge in [0.05, 0.1) is 6.61 Å². The van der Waals surface area contributed by atoms with Crippen molar-refractivity contribution in [1.82, 2.24) is 0 Å². The molecule has 0 bridgehead atoms. The molecule has 1 heterocycles. The standard InChI is InChI=1S/C15H21NO.ClH/c16-15(11-4-2-1-3-5-11)13-6-7-14-12(10-13)8-9-17-14;/h6-7,10-11,15H,1-5,8-9,16H2;1H/t15-;/m1./s1. The van der Waals surface area contributed by atoms with E-state index in [1.807, 2.05) is 0 Å². The lowest BCUT2D eigenvalue weighted by molar-refractivity contribution is 0.308. The average Bonchev–Trinajstić information content (AvgIpc) is 2.86. The summed E-state index contributed by atoms with van der Waals surface area (Å²) < 4.78 is 5.54. The first kappa shape index (κ1) is 13.7. The summed E-state index contributed by atoms with van der Waals surface area (Å²) >= 11 is 0. The van der Waals surface area contributed by atoms with Gasteiger partial charge in [-0.05, 0) is 36.0 Å². The van der Waals surface area contributed by atoms with Gasteiger partial charge in [-0.1, -0.05) is 31.4 Å². The van der Waals surface area contributed by atoms with E-state index in [1.165, 1.54) is 43.2 Å². The van der Waals surface area contributed by atoms with E-state index < -0.39 is 0 Å². The van der Waals surface area contributed by atoms with Crippen LogP contribution in [0.5, 0.6) is 5.75 Å². The van der Waals surface area contributed by atoms with Crippen molar-refractivity contribution in [2.45, 2.75) is 44.6 Å². The zero-order valence-electron chi connectivity index (χ0n) is 10.7. The van der Waals surface area contributed by atoms with Crippen LogP contribution in [0.2, 0.25) is 0 Å². The van der Waals surface area contributed by atoms with Crippen molar-refractivity contribution in [3.05, 3.63) is 29.3 Å². The fourth-order valence-corrected chi connectivity index (χ4v) is 3.18. The number of hydrogen-bond donors (Lipinski definition) is 1. The van der Waals surface area contributed by atoms with Gasteiger partial charge in [0.2, 0.25) is 0 Å². The highest BCUT2D eigenvalue weighted by molar-refractivity contribution is 5.85. The maximum atomic E-state index is 6.42. The Balaban J connectivity index is 0.00000120. The predicted molar refractivity (Wildman–Crippen MR) is 76.4 cm³/mol. The highest BCUT2D eigenvalue weighted by atomic mass is 35.5. The maximum absolute atomic E-state index is 6.42. The van der Waals surface area contributed by atoms with Crippen LogP contribution >= 0.6 is 12.4 Å². The minimum atomic E-state index is 0. The molecule has 0 spiro atoms. The highest BCUT2D eigenvalue weighted by Crippen LogP contribution is 2.35. The molecule has 1 atom stereocenters. The molecule has 1 fully saturated rings. The van der Waals surface area contributed by atoms with Crippen LogP contribution in [0.4, 0.5) is 0 Å². The van der Waals surface area contributed by atoms with Crippen molar-refractivity contribution in [3.63, 3.8) is 0 Å². The van der Waals surface area contributed by atoms with E-state index in [9.17, 15) is 0 Å². The van der Waals surface area contributed by atoms with Crippen molar-refractivity contribution in [2.24, 2.45) is 11.7 Å². The van der Waals surface area contributed by atoms with E-state index in [0.717, 1.165) is 18.8 Å². The fraction of sp³-hybridized carbons (Fsp3) is 0.600. The van der Waals surface area contributed by atoms with Gasteiger partial charge in [0.25, 0.3) is 0 Å². The molecule has 3 rings (SSSR count). The Labute approximate surface area is 115 Å². The van der Waals surface area contributed by atoms with Gasteiger partial charge in [-0.15, -0.1) is 12.4 Å². The number of fused-ring (bicyclic) bond motifs is 1. The number of hydrogen-bond acceptors (Lipinski definition) is 2. The lowest BCUT2D eigenvalue weighted by Gasteiger charge is -2.28. The minimum absolute atomic E-state index is 0. The van der Waals surface area contributed by atoms with Crippen LogP contribution in [-0.4, -0.2) is 6.61 Å². The summed E-state index contributed by atoms with van der Waals surface area (Å²) in [5.41, 5.74) is 9.07. The second kappa shape index (κ2) is 5.94. The van der Waals surface area contributed by atoms with Crippen LogP contribution in [0.1, 0.15) is 49.3 Å². The van der Waals surface area contributed by atoms with E-state index in [4.69, 9.17) is 10.5 Å². The maximum Gasteiger partial charge on any atom is 0.122 e. The molecule has 2 aliphatic rings. The van der Waals surface area contributed by atoms with E-state index in [0.29, 0.717) is 5.92 Å². The molecule has 2 nitrogen and oxygen atoms in total. The first-order valence-electron chi connectivity index (χ1n) is 6.86. The summed E-state index contributed by atoms with van der Waals surface area (Å²) in [6, 6.07) is 6.74. The Morgan fingerprint density at radius 1 is 1.17 bits per heavy atom. The van der Waals surface area contributed by atoms with Crippen molar-refractivity contribution in [1.29, 1.82) is 0 Å². The Morgan fingerprint density at radius 2 is 1.94 bits per heavy atom. The summed E-state index contributed by atoms with van der Waals surface area (Å²) in [5, 5.41) is 0. The number of nitrogens with two attached hydrogens (primary N) is 1. The first-order valence-corrected chi connectivity index (χ1v) is 6.86. The quantitative estimate of drug-likeness (QED) is 0.888. The molecule has 0 unspecified atom stereocenters. The normalized spacial score (nSPS) is 20.7. The minimum Gasteiger partial charge on any atom is -0.493 e. The molecule has 1 aromatic carbocycles. The lowest BCUT2D eigenvalue weighted by atomic mass is 9.81. The molecule has 0 radical (unpaired) electrons. The number of ether oxygens (including phenoxy) is 1. The predicted octanol–water partition coefficient (Wildman–Crippen LogP) is 3.62. The zero-order chi connectivity index (χ0) is 11.7. The Kier molecular flexibility index (Phi) is 4.52. The molecule has 3 heteroatoms. The molecule has 18 heavy (non-hydrogen) atoms. The molecule has 1 aliphatic carbocycles. The van der Waals surface area contributed by atoms with Crippen molar-refractivity contribution >= 4 is 12.4 Å². The van der Waals surface area contributed by atoms with Gasteiger partial charge in [-0.2, -0.15) is 0 Å². The van der Waals surface area contributed by atoms with Crippen LogP contribution in [0.25, 0.3) is 0 Å². The van der Waals surface area contributed by atoms with Gasteiger partial charge in [0.15, 0.2) is 0 Å². The second-order valence-corrected chi connectivity index (χ2v) is 5.39. The molecule has 1 aromatic rings. The molecule has 0 aromatic heterocycles. The van der Waals surface area contributed by atoms with Gasteiger partial charge in [-0.3, -0.25) is 0 Å². The third-order valence-corrected chi connectivity index (χ3v) is 4.26. The molecule has 1 aliphatic heterocycles. The monoisotopic (exact) mass is 267 g/mol. The molecule has 0 amide bonds. The third-order valence-electron chi connectivity index (χ3n) is 4.26. The van der Waals surface area contributed by atoms with Gasteiger partial charge in [0.1, 0.15) is 5.75 Å². The van der Waals surface area contributed by atoms with E-state index in [-0.39, 0.29) is 18.4 Å². The molecule has 100 valence electrons. The summed E-state index contributed by atoms with van der Waals surface area (Å²) in [4.78, 5) is 0. The van der Waals surface area contributed by atoms with E-state index >= 15 is 0 Å². The Hall–Kier alpha value is -0.730. The Morgan fingerprint density at radius 3 is 2.72 bits per heavy atom. The van der Waals surface area contributed by atoms with Crippen molar-refractivity contribution in [3.8, 4) is 5.75 Å². The van der Waals surface area contributed by atoms with E-state index in [2.05, 4.69) is 18.2 Å². The van der Waals surface area contributed by atoms with Gasteiger partial charge >= 0.3 is 0 Å². The van der Waals surface area contributed by atoms with Crippen LogP contribution in [0.15, 0.2) is 18.2 Å². The van der Waals surface area contributed by atoms with Gasteiger partial charge in [0, 0.05) is 12.5 Å². The smallest absolute Gasteiger partial charge is 0.122 e. The fourth-order valence-electron chi connectivity index (χ4n) is 3.18. The highest BCUT2D eigenvalue weighted by Gasteiger charge is 2.23. The van der Waals surface area contributed by atoms with Crippen molar-refractivity contribution in [2.75, 3.05) is 6.61 Å². The number of halogens is 1.